The van der Waals surface area contributed by atoms with Crippen LogP contribution in [-0.2, 0) is 36.8 Å². The Morgan fingerprint density at radius 3 is 2.30 bits per heavy atom. The van der Waals surface area contributed by atoms with Crippen LogP contribution in [0.5, 0.6) is 11.5 Å². The Hall–Kier alpha value is -5.92. The summed E-state index contributed by atoms with van der Waals surface area (Å²) in [6.07, 6.45) is 1.61. The van der Waals surface area contributed by atoms with Crippen molar-refractivity contribution in [3.63, 3.8) is 0 Å². The van der Waals surface area contributed by atoms with Crippen molar-refractivity contribution in [2.24, 2.45) is 11.7 Å². The highest BCUT2D eigenvalue weighted by molar-refractivity contribution is 6.00. The second kappa shape index (κ2) is 17.7. The molecule has 286 valence electrons. The van der Waals surface area contributed by atoms with Gasteiger partial charge in [-0.05, 0) is 73.6 Å². The second-order valence-electron chi connectivity index (χ2n) is 14.3. The van der Waals surface area contributed by atoms with E-state index in [0.717, 1.165) is 5.56 Å². The summed E-state index contributed by atoms with van der Waals surface area (Å²) in [5.74, 6) is -2.37. The van der Waals surface area contributed by atoms with Gasteiger partial charge < -0.3 is 41.8 Å². The van der Waals surface area contributed by atoms with Gasteiger partial charge in [-0.15, -0.1) is 0 Å². The molecule has 14 heteroatoms. The first-order valence-electron chi connectivity index (χ1n) is 18.1. The first kappa shape index (κ1) is 39.3. The second-order valence-corrected chi connectivity index (χ2v) is 14.3. The first-order valence-corrected chi connectivity index (χ1v) is 18.1. The van der Waals surface area contributed by atoms with Gasteiger partial charge >= 0.3 is 0 Å². The third-order valence-electron chi connectivity index (χ3n) is 9.22. The van der Waals surface area contributed by atoms with Crippen LogP contribution in [0.3, 0.4) is 0 Å². The van der Waals surface area contributed by atoms with Crippen LogP contribution in [0.25, 0.3) is 0 Å². The molecule has 6 rings (SSSR count). The van der Waals surface area contributed by atoms with Crippen molar-refractivity contribution in [1.29, 1.82) is 0 Å². The number of rotatable bonds is 9. The minimum absolute atomic E-state index is 0.0608. The SMILES string of the molecule is CC(C)C[C@H]1COc2ccc(cc2)C[C@H](NC(=O)c2cccc(OCC(N)=O)c2)C(=O)N[C@H](C)C(=O)NC2(CC2)C(=O)N[C@H](Cc2ccccc2)C(=O)N1. The Bertz CT molecular complexity index is 1830. The van der Waals surface area contributed by atoms with Crippen molar-refractivity contribution in [3.8, 4) is 11.5 Å². The van der Waals surface area contributed by atoms with Gasteiger partial charge in [-0.2, -0.15) is 0 Å². The third kappa shape index (κ3) is 11.0. The minimum atomic E-state index is -1.25. The molecule has 1 fully saturated rings. The van der Waals surface area contributed by atoms with E-state index in [9.17, 15) is 28.8 Å². The summed E-state index contributed by atoms with van der Waals surface area (Å²) in [7, 11) is 0. The molecule has 0 saturated heterocycles. The van der Waals surface area contributed by atoms with E-state index in [1.807, 2.05) is 44.2 Å². The molecule has 2 bridgehead atoms. The highest BCUT2D eigenvalue weighted by Crippen LogP contribution is 2.36. The first-order chi connectivity index (χ1) is 25.8. The van der Waals surface area contributed by atoms with Crippen molar-refractivity contribution in [2.75, 3.05) is 13.2 Å². The molecule has 2 heterocycles. The van der Waals surface area contributed by atoms with E-state index in [2.05, 4.69) is 26.6 Å². The molecular formula is C40H48N6O8. The molecule has 0 radical (unpaired) electrons. The number of nitrogens with one attached hydrogen (secondary N) is 5. The van der Waals surface area contributed by atoms with E-state index in [4.69, 9.17) is 15.2 Å². The predicted octanol–water partition coefficient (Wildman–Crippen LogP) is 1.70. The number of hydrogen-bond acceptors (Lipinski definition) is 8. The number of benzene rings is 3. The fraction of sp³-hybridized carbons (Fsp3) is 0.400. The van der Waals surface area contributed by atoms with Gasteiger partial charge in [0.1, 0.15) is 41.8 Å². The van der Waals surface area contributed by atoms with Crippen LogP contribution < -0.4 is 41.8 Å². The number of carbonyl (C=O) groups excluding carboxylic acids is 6. The van der Waals surface area contributed by atoms with Crippen LogP contribution >= 0.6 is 0 Å². The summed E-state index contributed by atoms with van der Waals surface area (Å²) in [5, 5.41) is 14.2. The number of hydrogen-bond donors (Lipinski definition) is 6. The molecule has 7 N–H and O–H groups in total. The Balaban J connectivity index is 1.41. The fourth-order valence-electron chi connectivity index (χ4n) is 6.14. The quantitative estimate of drug-likeness (QED) is 0.178. The standard InChI is InChI=1S/C40H48N6O8/c1-24(2)18-29-22-53-30-14-12-27(13-15-30)20-32(44-36(49)28-10-7-11-31(21-28)54-23-34(41)47)37(50)42-25(3)35(48)46-40(16-17-40)39(52)45-33(38(51)43-29)19-26-8-5-4-6-9-26/h4-15,21,24-25,29,32-33H,16-20,22-23H2,1-3H3,(H2,41,47)(H,42,50)(H,43,51)(H,44,49)(H,45,52)(H,46,48)/t25-,29+,32+,33-/m1/s1. The fourth-order valence-corrected chi connectivity index (χ4v) is 6.14. The normalized spacial score (nSPS) is 21.9. The van der Waals surface area contributed by atoms with Gasteiger partial charge in [-0.1, -0.05) is 62.4 Å². The van der Waals surface area contributed by atoms with Crippen LogP contribution in [0.4, 0.5) is 0 Å². The molecule has 4 atom stereocenters. The number of nitrogens with two attached hydrogens (primary N) is 1. The van der Waals surface area contributed by atoms with Gasteiger partial charge in [0.2, 0.25) is 23.6 Å². The van der Waals surface area contributed by atoms with E-state index >= 15 is 0 Å². The van der Waals surface area contributed by atoms with Crippen molar-refractivity contribution in [3.05, 3.63) is 95.6 Å². The molecule has 6 amide bonds. The summed E-state index contributed by atoms with van der Waals surface area (Å²) in [6, 6.07) is 18.9. The Kier molecular flexibility index (Phi) is 12.9. The van der Waals surface area contributed by atoms with E-state index in [-0.39, 0.29) is 55.2 Å². The van der Waals surface area contributed by atoms with Crippen molar-refractivity contribution < 1.29 is 38.2 Å². The lowest BCUT2D eigenvalue weighted by molar-refractivity contribution is -0.134. The topological polar surface area (TPSA) is 207 Å². The molecule has 1 aliphatic carbocycles. The maximum atomic E-state index is 13.8. The number of primary amides is 1. The van der Waals surface area contributed by atoms with Gasteiger partial charge in [-0.25, -0.2) is 0 Å². The number of fused-ring (bicyclic) bond motifs is 15. The van der Waals surface area contributed by atoms with Crippen LogP contribution in [0.15, 0.2) is 78.9 Å². The molecule has 3 aliphatic rings. The molecule has 1 saturated carbocycles. The summed E-state index contributed by atoms with van der Waals surface area (Å²) in [4.78, 5) is 79.5. The van der Waals surface area contributed by atoms with Crippen molar-refractivity contribution >= 4 is 35.4 Å². The van der Waals surface area contributed by atoms with Gasteiger partial charge in [0.25, 0.3) is 11.8 Å². The average Bonchev–Trinajstić information content (AvgIpc) is 3.93. The molecule has 1 spiro atoms. The highest BCUT2D eigenvalue weighted by atomic mass is 16.5. The van der Waals surface area contributed by atoms with Crippen LogP contribution in [0.2, 0.25) is 0 Å². The van der Waals surface area contributed by atoms with Gasteiger partial charge in [0.05, 0.1) is 6.04 Å². The molecule has 14 nitrogen and oxygen atoms in total. The lowest BCUT2D eigenvalue weighted by Crippen LogP contribution is -2.59. The largest absolute Gasteiger partial charge is 0.491 e. The van der Waals surface area contributed by atoms with Crippen LogP contribution in [-0.4, -0.2) is 78.4 Å². The number of carbonyl (C=O) groups is 6. The summed E-state index contributed by atoms with van der Waals surface area (Å²) in [5.41, 5.74) is 5.63. The van der Waals surface area contributed by atoms with E-state index in [1.165, 1.54) is 19.1 Å². The summed E-state index contributed by atoms with van der Waals surface area (Å²) >= 11 is 0. The minimum Gasteiger partial charge on any atom is -0.491 e. The zero-order valence-corrected chi connectivity index (χ0v) is 30.7. The van der Waals surface area contributed by atoms with Gasteiger partial charge in [0.15, 0.2) is 6.61 Å². The highest BCUT2D eigenvalue weighted by Gasteiger charge is 2.52. The number of amides is 6. The zero-order chi connectivity index (χ0) is 38.8. The lowest BCUT2D eigenvalue weighted by Gasteiger charge is -2.27. The number of ether oxygens (including phenoxy) is 2. The Morgan fingerprint density at radius 1 is 0.907 bits per heavy atom. The zero-order valence-electron chi connectivity index (χ0n) is 30.7. The molecular weight excluding hydrogens is 692 g/mol. The van der Waals surface area contributed by atoms with E-state index in [0.29, 0.717) is 30.6 Å². The molecule has 0 unspecified atom stereocenters. The maximum Gasteiger partial charge on any atom is 0.255 e. The molecule has 54 heavy (non-hydrogen) atoms. The maximum absolute atomic E-state index is 13.8. The van der Waals surface area contributed by atoms with E-state index in [1.54, 1.807) is 36.4 Å². The average molecular weight is 741 g/mol. The van der Waals surface area contributed by atoms with Crippen molar-refractivity contribution in [1.82, 2.24) is 26.6 Å². The summed E-state index contributed by atoms with van der Waals surface area (Å²) < 4.78 is 11.5. The Labute approximate surface area is 314 Å². The molecule has 2 aliphatic heterocycles. The third-order valence-corrected chi connectivity index (χ3v) is 9.22. The lowest BCUT2D eigenvalue weighted by atomic mass is 10.0. The Morgan fingerprint density at radius 2 is 1.63 bits per heavy atom. The van der Waals surface area contributed by atoms with Crippen LogP contribution in [0.1, 0.15) is 61.5 Å². The predicted molar refractivity (Wildman–Crippen MR) is 199 cm³/mol. The van der Waals surface area contributed by atoms with Gasteiger partial charge in [-0.3, -0.25) is 28.8 Å². The summed E-state index contributed by atoms with van der Waals surface area (Å²) in [6.45, 7) is 5.36. The molecule has 3 aromatic rings. The van der Waals surface area contributed by atoms with Gasteiger partial charge in [0, 0.05) is 18.4 Å². The van der Waals surface area contributed by atoms with Crippen molar-refractivity contribution in [2.45, 2.75) is 82.6 Å². The smallest absolute Gasteiger partial charge is 0.255 e. The van der Waals surface area contributed by atoms with E-state index < -0.39 is 53.2 Å². The molecule has 0 aromatic heterocycles. The molecule has 3 aromatic carbocycles. The van der Waals surface area contributed by atoms with Crippen LogP contribution in [0, 0.1) is 5.92 Å². The monoisotopic (exact) mass is 740 g/mol.